The van der Waals surface area contributed by atoms with Crippen molar-refractivity contribution in [2.24, 2.45) is 0 Å². The van der Waals surface area contributed by atoms with Crippen molar-refractivity contribution in [3.8, 4) is 0 Å². The van der Waals surface area contributed by atoms with Gasteiger partial charge in [-0.3, -0.25) is 4.79 Å². The third kappa shape index (κ3) is 1.57. The zero-order valence-corrected chi connectivity index (χ0v) is 9.28. The summed E-state index contributed by atoms with van der Waals surface area (Å²) < 4.78 is 10.1. The summed E-state index contributed by atoms with van der Waals surface area (Å²) in [5, 5.41) is 0. The number of benzene rings is 1. The molecule has 90 valence electrons. The minimum atomic E-state index is -0.993. The molecule has 18 heavy (non-hydrogen) atoms. The van der Waals surface area contributed by atoms with Gasteiger partial charge in [-0.15, -0.1) is 0 Å². The van der Waals surface area contributed by atoms with E-state index in [4.69, 9.17) is 9.15 Å². The van der Waals surface area contributed by atoms with E-state index in [9.17, 15) is 9.59 Å². The number of rotatable bonds is 2. The van der Waals surface area contributed by atoms with E-state index >= 15 is 0 Å². The minimum absolute atomic E-state index is 0.326. The number of amides is 2. The van der Waals surface area contributed by atoms with Gasteiger partial charge in [-0.2, -0.15) is 0 Å². The molecule has 1 fully saturated rings. The Hall–Kier alpha value is -2.56. The molecule has 2 aromatic rings. The number of anilines is 1. The molecule has 1 aliphatic rings. The molecule has 0 saturated carbocycles. The van der Waals surface area contributed by atoms with Crippen LogP contribution in [0.1, 0.15) is 11.9 Å². The van der Waals surface area contributed by atoms with Crippen molar-refractivity contribution in [2.75, 3.05) is 4.90 Å². The summed E-state index contributed by atoms with van der Waals surface area (Å²) in [7, 11) is 0. The van der Waals surface area contributed by atoms with E-state index in [-0.39, 0.29) is 0 Å². The van der Waals surface area contributed by atoms with Crippen molar-refractivity contribution in [2.45, 2.75) is 6.10 Å². The van der Waals surface area contributed by atoms with E-state index in [2.05, 4.69) is 0 Å². The molecule has 2 heterocycles. The van der Waals surface area contributed by atoms with Crippen LogP contribution in [-0.4, -0.2) is 12.0 Å². The lowest BCUT2D eigenvalue weighted by Gasteiger charge is -2.09. The Morgan fingerprint density at radius 3 is 2.44 bits per heavy atom. The van der Waals surface area contributed by atoms with E-state index in [1.807, 2.05) is 0 Å². The maximum atomic E-state index is 12.1. The van der Waals surface area contributed by atoms with Crippen LogP contribution < -0.4 is 4.90 Å². The summed E-state index contributed by atoms with van der Waals surface area (Å²) in [6, 6.07) is 11.9. The number of ether oxygens (including phenoxy) is 1. The van der Waals surface area contributed by atoms with Crippen LogP contribution in [0.15, 0.2) is 53.1 Å². The second-order valence-electron chi connectivity index (χ2n) is 3.79. The van der Waals surface area contributed by atoms with Crippen LogP contribution in [-0.2, 0) is 9.53 Å². The van der Waals surface area contributed by atoms with Gasteiger partial charge in [0.2, 0.25) is 6.10 Å². The van der Waals surface area contributed by atoms with E-state index in [0.717, 1.165) is 4.90 Å². The first-order chi connectivity index (χ1) is 8.77. The average molecular weight is 243 g/mol. The third-order valence-electron chi connectivity index (χ3n) is 2.66. The van der Waals surface area contributed by atoms with Crippen molar-refractivity contribution >= 4 is 17.7 Å². The first-order valence-corrected chi connectivity index (χ1v) is 5.40. The predicted molar refractivity (Wildman–Crippen MR) is 61.9 cm³/mol. The SMILES string of the molecule is O=C1OC(c2ccco2)C(=O)N1c1ccccc1. The maximum Gasteiger partial charge on any atom is 0.422 e. The van der Waals surface area contributed by atoms with Gasteiger partial charge in [-0.1, -0.05) is 18.2 Å². The standard InChI is InChI=1S/C13H9NO4/c15-12-11(10-7-4-8-17-10)18-13(16)14(12)9-5-2-1-3-6-9/h1-8,11H. The molecule has 3 rings (SSSR count). The van der Waals surface area contributed by atoms with Gasteiger partial charge in [-0.25, -0.2) is 9.69 Å². The summed E-state index contributed by atoms with van der Waals surface area (Å²) in [6.45, 7) is 0. The lowest BCUT2D eigenvalue weighted by molar-refractivity contribution is -0.122. The molecule has 0 radical (unpaired) electrons. The highest BCUT2D eigenvalue weighted by Gasteiger charge is 2.43. The molecular weight excluding hydrogens is 234 g/mol. The number of furan rings is 1. The van der Waals surface area contributed by atoms with Crippen LogP contribution in [0.25, 0.3) is 0 Å². The predicted octanol–water partition coefficient (Wildman–Crippen LogP) is 2.50. The molecule has 2 amide bonds. The number of carbonyl (C=O) groups is 2. The lowest BCUT2D eigenvalue weighted by atomic mass is 10.2. The molecule has 1 aromatic heterocycles. The van der Waals surface area contributed by atoms with E-state index in [1.165, 1.54) is 6.26 Å². The first-order valence-electron chi connectivity index (χ1n) is 5.40. The molecule has 1 saturated heterocycles. The summed E-state index contributed by atoms with van der Waals surface area (Å²) in [6.07, 6.45) is -0.248. The van der Waals surface area contributed by atoms with E-state index in [1.54, 1.807) is 42.5 Å². The molecular formula is C13H9NO4. The zero-order valence-electron chi connectivity index (χ0n) is 9.28. The van der Waals surface area contributed by atoms with Crippen molar-refractivity contribution in [1.29, 1.82) is 0 Å². The van der Waals surface area contributed by atoms with E-state index in [0.29, 0.717) is 11.4 Å². The number of hydrogen-bond donors (Lipinski definition) is 0. The molecule has 5 nitrogen and oxygen atoms in total. The topological polar surface area (TPSA) is 59.8 Å². The second kappa shape index (κ2) is 4.03. The molecule has 1 aromatic carbocycles. The number of nitrogens with zero attached hydrogens (tertiary/aromatic N) is 1. The number of carbonyl (C=O) groups excluding carboxylic acids is 2. The average Bonchev–Trinajstić information content (AvgIpc) is 2.99. The van der Waals surface area contributed by atoms with Crippen LogP contribution in [0.4, 0.5) is 10.5 Å². The van der Waals surface area contributed by atoms with Crippen LogP contribution in [0.3, 0.4) is 0 Å². The fourth-order valence-corrected chi connectivity index (χ4v) is 1.84. The van der Waals surface area contributed by atoms with Crippen LogP contribution >= 0.6 is 0 Å². The first kappa shape index (κ1) is 10.6. The Morgan fingerprint density at radius 1 is 1.00 bits per heavy atom. The maximum absolute atomic E-state index is 12.1. The van der Waals surface area contributed by atoms with Gasteiger partial charge in [0, 0.05) is 0 Å². The molecule has 5 heteroatoms. The minimum Gasteiger partial charge on any atom is -0.465 e. The second-order valence-corrected chi connectivity index (χ2v) is 3.79. The van der Waals surface area contributed by atoms with Gasteiger partial charge >= 0.3 is 6.09 Å². The number of imide groups is 1. The van der Waals surface area contributed by atoms with Gasteiger partial charge in [0.1, 0.15) is 0 Å². The fourth-order valence-electron chi connectivity index (χ4n) is 1.84. The molecule has 1 atom stereocenters. The number of para-hydroxylation sites is 1. The Balaban J connectivity index is 1.95. The van der Waals surface area contributed by atoms with Gasteiger partial charge in [0.15, 0.2) is 5.76 Å². The van der Waals surface area contributed by atoms with Gasteiger partial charge < -0.3 is 9.15 Å². The monoisotopic (exact) mass is 243 g/mol. The quantitative estimate of drug-likeness (QED) is 0.813. The van der Waals surface area contributed by atoms with Gasteiger partial charge in [0.05, 0.1) is 12.0 Å². The Labute approximate surface area is 103 Å². The molecule has 0 N–H and O–H groups in total. The smallest absolute Gasteiger partial charge is 0.422 e. The molecule has 1 unspecified atom stereocenters. The van der Waals surface area contributed by atoms with Gasteiger partial charge in [0.25, 0.3) is 5.91 Å². The lowest BCUT2D eigenvalue weighted by Crippen LogP contribution is -2.29. The normalized spacial score (nSPS) is 19.1. The highest BCUT2D eigenvalue weighted by molar-refractivity contribution is 6.18. The summed E-state index contributed by atoms with van der Waals surface area (Å²) in [5.74, 6) is -0.118. The Morgan fingerprint density at radius 2 is 1.78 bits per heavy atom. The van der Waals surface area contributed by atoms with Gasteiger partial charge in [-0.05, 0) is 24.3 Å². The zero-order chi connectivity index (χ0) is 12.5. The van der Waals surface area contributed by atoms with E-state index < -0.39 is 18.1 Å². The number of hydrogen-bond acceptors (Lipinski definition) is 4. The molecule has 0 aliphatic carbocycles. The number of cyclic esters (lactones) is 1. The molecule has 0 spiro atoms. The highest BCUT2D eigenvalue weighted by atomic mass is 16.6. The Bertz CT molecular complexity index is 576. The van der Waals surface area contributed by atoms with Crippen LogP contribution in [0.5, 0.6) is 0 Å². The Kier molecular flexibility index (Phi) is 2.37. The summed E-state index contributed by atoms with van der Waals surface area (Å²) >= 11 is 0. The summed E-state index contributed by atoms with van der Waals surface area (Å²) in [5.41, 5.74) is 0.488. The van der Waals surface area contributed by atoms with Crippen molar-refractivity contribution in [3.05, 3.63) is 54.5 Å². The van der Waals surface area contributed by atoms with Crippen molar-refractivity contribution < 1.29 is 18.7 Å². The highest BCUT2D eigenvalue weighted by Crippen LogP contribution is 2.31. The molecule has 0 bridgehead atoms. The fraction of sp³-hybridized carbons (Fsp3) is 0.0769. The van der Waals surface area contributed by atoms with Crippen molar-refractivity contribution in [1.82, 2.24) is 0 Å². The largest absolute Gasteiger partial charge is 0.465 e. The summed E-state index contributed by atoms with van der Waals surface area (Å²) in [4.78, 5) is 24.9. The molecule has 1 aliphatic heterocycles. The van der Waals surface area contributed by atoms with Crippen LogP contribution in [0, 0.1) is 0 Å². The third-order valence-corrected chi connectivity index (χ3v) is 2.66. The van der Waals surface area contributed by atoms with Crippen LogP contribution in [0.2, 0.25) is 0 Å². The van der Waals surface area contributed by atoms with Crippen molar-refractivity contribution in [3.63, 3.8) is 0 Å².